The van der Waals surface area contributed by atoms with Crippen LogP contribution in [0.4, 0.5) is 4.39 Å². The highest BCUT2D eigenvalue weighted by atomic mass is 32.1. The average molecular weight is 359 g/mol. The molecule has 1 amide bonds. The summed E-state index contributed by atoms with van der Waals surface area (Å²) in [7, 11) is 0. The van der Waals surface area contributed by atoms with Crippen molar-refractivity contribution in [1.29, 1.82) is 0 Å². The fraction of sp³-hybridized carbons (Fsp3) is 0.333. The van der Waals surface area contributed by atoms with Gasteiger partial charge in [-0.1, -0.05) is 0 Å². The highest BCUT2D eigenvalue weighted by Gasteiger charge is 2.20. The van der Waals surface area contributed by atoms with Gasteiger partial charge in [0.05, 0.1) is 22.9 Å². The van der Waals surface area contributed by atoms with E-state index in [1.165, 1.54) is 23.5 Å². The van der Waals surface area contributed by atoms with Crippen molar-refractivity contribution >= 4 is 27.5 Å². The Morgan fingerprint density at radius 2 is 2.24 bits per heavy atom. The lowest BCUT2D eigenvalue weighted by Gasteiger charge is -2.08. The molecule has 1 fully saturated rings. The predicted octanol–water partition coefficient (Wildman–Crippen LogP) is 3.30. The van der Waals surface area contributed by atoms with Crippen molar-refractivity contribution in [3.05, 3.63) is 46.7 Å². The van der Waals surface area contributed by atoms with Crippen LogP contribution in [0.5, 0.6) is 0 Å². The Kier molecular flexibility index (Phi) is 4.27. The van der Waals surface area contributed by atoms with Crippen molar-refractivity contribution in [3.8, 4) is 5.69 Å². The summed E-state index contributed by atoms with van der Waals surface area (Å²) < 4.78 is 20.2. The SMILES string of the molecule is Cc1nn(-c2ccc(F)cc2)c2sc(C(=O)NCC3CCOC3)cc12. The molecule has 0 saturated carbocycles. The van der Waals surface area contributed by atoms with Gasteiger partial charge in [-0.15, -0.1) is 11.3 Å². The van der Waals surface area contributed by atoms with Gasteiger partial charge < -0.3 is 10.1 Å². The molecular formula is C18H18FN3O2S. The van der Waals surface area contributed by atoms with E-state index in [-0.39, 0.29) is 11.7 Å². The van der Waals surface area contributed by atoms with Gasteiger partial charge in [0.15, 0.2) is 0 Å². The summed E-state index contributed by atoms with van der Waals surface area (Å²) in [5, 5.41) is 8.45. The first-order valence-corrected chi connectivity index (χ1v) is 9.04. The highest BCUT2D eigenvalue weighted by Crippen LogP contribution is 2.30. The Morgan fingerprint density at radius 1 is 1.44 bits per heavy atom. The van der Waals surface area contributed by atoms with Gasteiger partial charge >= 0.3 is 0 Å². The minimum absolute atomic E-state index is 0.0712. The number of thiophene rings is 1. The molecule has 0 aliphatic carbocycles. The standard InChI is InChI=1S/C18H18FN3O2S/c1-11-15-8-16(17(23)20-9-12-6-7-24-10-12)25-18(15)22(21-11)14-4-2-13(19)3-5-14/h2-5,8,12H,6-7,9-10H2,1H3,(H,20,23). The van der Waals surface area contributed by atoms with Gasteiger partial charge in [-0.2, -0.15) is 5.10 Å². The van der Waals surface area contributed by atoms with E-state index in [0.29, 0.717) is 23.9 Å². The zero-order valence-corrected chi connectivity index (χ0v) is 14.6. The number of rotatable bonds is 4. The van der Waals surface area contributed by atoms with Crippen LogP contribution < -0.4 is 5.32 Å². The molecule has 5 nitrogen and oxygen atoms in total. The number of hydrogen-bond acceptors (Lipinski definition) is 4. The molecule has 1 saturated heterocycles. The largest absolute Gasteiger partial charge is 0.381 e. The highest BCUT2D eigenvalue weighted by molar-refractivity contribution is 7.20. The number of benzene rings is 1. The summed E-state index contributed by atoms with van der Waals surface area (Å²) in [6.45, 7) is 4.03. The van der Waals surface area contributed by atoms with E-state index in [0.717, 1.165) is 34.6 Å². The van der Waals surface area contributed by atoms with Crippen LogP contribution in [-0.2, 0) is 4.74 Å². The van der Waals surface area contributed by atoms with Crippen LogP contribution in [0.25, 0.3) is 15.9 Å². The first kappa shape index (κ1) is 16.2. The summed E-state index contributed by atoms with van der Waals surface area (Å²) >= 11 is 1.40. The van der Waals surface area contributed by atoms with Gasteiger partial charge in [0, 0.05) is 24.5 Å². The van der Waals surface area contributed by atoms with Crippen molar-refractivity contribution in [2.45, 2.75) is 13.3 Å². The normalized spacial score (nSPS) is 17.3. The maximum Gasteiger partial charge on any atom is 0.261 e. The van der Waals surface area contributed by atoms with Crippen molar-refractivity contribution < 1.29 is 13.9 Å². The van der Waals surface area contributed by atoms with Gasteiger partial charge in [-0.3, -0.25) is 4.79 Å². The summed E-state index contributed by atoms with van der Waals surface area (Å²) in [5.41, 5.74) is 1.62. The molecule has 3 aromatic rings. The maximum absolute atomic E-state index is 13.2. The second-order valence-corrected chi connectivity index (χ2v) is 7.27. The Balaban J connectivity index is 1.60. The number of carbonyl (C=O) groups is 1. The average Bonchev–Trinajstić information content (AvgIpc) is 3.32. The molecule has 1 unspecified atom stereocenters. The van der Waals surface area contributed by atoms with Crippen LogP contribution in [0, 0.1) is 18.7 Å². The molecule has 1 aromatic carbocycles. The van der Waals surface area contributed by atoms with Crippen LogP contribution in [0.15, 0.2) is 30.3 Å². The Bertz CT molecular complexity index is 910. The summed E-state index contributed by atoms with van der Waals surface area (Å²) in [6.07, 6.45) is 0.991. The molecule has 0 radical (unpaired) electrons. The van der Waals surface area contributed by atoms with E-state index >= 15 is 0 Å². The number of aryl methyl sites for hydroxylation is 1. The molecular weight excluding hydrogens is 341 g/mol. The third-order valence-corrected chi connectivity index (χ3v) is 5.52. The topological polar surface area (TPSA) is 56.2 Å². The Hall–Kier alpha value is -2.25. The number of fused-ring (bicyclic) bond motifs is 1. The molecule has 4 rings (SSSR count). The molecule has 1 aliphatic heterocycles. The molecule has 7 heteroatoms. The van der Waals surface area contributed by atoms with Crippen LogP contribution in [0.2, 0.25) is 0 Å². The quantitative estimate of drug-likeness (QED) is 0.778. The van der Waals surface area contributed by atoms with Crippen LogP contribution in [0.3, 0.4) is 0 Å². The number of hydrogen-bond donors (Lipinski definition) is 1. The van der Waals surface area contributed by atoms with Gasteiger partial charge in [0.25, 0.3) is 5.91 Å². The number of carbonyl (C=O) groups excluding carboxylic acids is 1. The number of halogens is 1. The van der Waals surface area contributed by atoms with Crippen molar-refractivity contribution in [3.63, 3.8) is 0 Å². The van der Waals surface area contributed by atoms with Gasteiger partial charge in [0.2, 0.25) is 0 Å². The molecule has 2 aromatic heterocycles. The predicted molar refractivity (Wildman–Crippen MR) is 94.9 cm³/mol. The summed E-state index contributed by atoms with van der Waals surface area (Å²) in [4.78, 5) is 14.0. The minimum atomic E-state index is -0.286. The zero-order valence-electron chi connectivity index (χ0n) is 13.8. The molecule has 0 spiro atoms. The maximum atomic E-state index is 13.2. The smallest absolute Gasteiger partial charge is 0.261 e. The third kappa shape index (κ3) is 3.17. The molecule has 3 heterocycles. The lowest BCUT2D eigenvalue weighted by molar-refractivity contribution is 0.0949. The monoisotopic (exact) mass is 359 g/mol. The zero-order chi connectivity index (χ0) is 17.4. The number of ether oxygens (including phenoxy) is 1. The number of aromatic nitrogens is 2. The van der Waals surface area contributed by atoms with Crippen molar-refractivity contribution in [1.82, 2.24) is 15.1 Å². The molecule has 1 aliphatic rings. The van der Waals surface area contributed by atoms with E-state index in [9.17, 15) is 9.18 Å². The molecule has 0 bridgehead atoms. The first-order chi connectivity index (χ1) is 12.1. The van der Waals surface area contributed by atoms with E-state index in [1.54, 1.807) is 16.8 Å². The summed E-state index contributed by atoms with van der Waals surface area (Å²) in [6, 6.07) is 8.05. The summed E-state index contributed by atoms with van der Waals surface area (Å²) in [5.74, 6) is 0.0407. The van der Waals surface area contributed by atoms with E-state index in [2.05, 4.69) is 10.4 Å². The molecule has 1 N–H and O–H groups in total. The second kappa shape index (κ2) is 6.57. The van der Waals surface area contributed by atoms with Crippen molar-refractivity contribution in [2.75, 3.05) is 19.8 Å². The lowest BCUT2D eigenvalue weighted by Crippen LogP contribution is -2.28. The Morgan fingerprint density at radius 3 is 2.96 bits per heavy atom. The van der Waals surface area contributed by atoms with E-state index in [1.807, 2.05) is 13.0 Å². The van der Waals surface area contributed by atoms with Gasteiger partial charge in [-0.05, 0) is 43.7 Å². The van der Waals surface area contributed by atoms with E-state index in [4.69, 9.17) is 4.74 Å². The van der Waals surface area contributed by atoms with Crippen LogP contribution in [0.1, 0.15) is 21.8 Å². The molecule has 25 heavy (non-hydrogen) atoms. The number of amides is 1. The molecule has 1 atom stereocenters. The minimum Gasteiger partial charge on any atom is -0.381 e. The third-order valence-electron chi connectivity index (χ3n) is 4.41. The Labute approximate surface area is 148 Å². The van der Waals surface area contributed by atoms with Gasteiger partial charge in [-0.25, -0.2) is 9.07 Å². The molecule has 130 valence electrons. The van der Waals surface area contributed by atoms with Crippen molar-refractivity contribution in [2.24, 2.45) is 5.92 Å². The van der Waals surface area contributed by atoms with Crippen LogP contribution in [-0.4, -0.2) is 35.4 Å². The lowest BCUT2D eigenvalue weighted by atomic mass is 10.1. The fourth-order valence-corrected chi connectivity index (χ4v) is 4.08. The first-order valence-electron chi connectivity index (χ1n) is 8.23. The second-order valence-electron chi connectivity index (χ2n) is 6.24. The van der Waals surface area contributed by atoms with E-state index < -0.39 is 0 Å². The fourth-order valence-electron chi connectivity index (χ4n) is 2.98. The number of nitrogens with one attached hydrogen (secondary N) is 1. The number of nitrogens with zero attached hydrogens (tertiary/aromatic N) is 2. The van der Waals surface area contributed by atoms with Crippen LogP contribution >= 0.6 is 11.3 Å². The van der Waals surface area contributed by atoms with Gasteiger partial charge in [0.1, 0.15) is 10.6 Å².